The molecule has 0 aromatic heterocycles. The summed E-state index contributed by atoms with van der Waals surface area (Å²) in [6.45, 7) is 9.19. The van der Waals surface area contributed by atoms with Gasteiger partial charge in [-0.05, 0) is 28.7 Å². The van der Waals surface area contributed by atoms with E-state index < -0.39 is 6.09 Å². The van der Waals surface area contributed by atoms with E-state index in [9.17, 15) is 9.59 Å². The second kappa shape index (κ2) is 29.3. The molecule has 0 saturated heterocycles. The van der Waals surface area contributed by atoms with E-state index in [-0.39, 0.29) is 18.3 Å². The number of ether oxygens (including phenoxy) is 11. The number of hydrogen-bond donors (Lipinski definition) is 1. The Labute approximate surface area is 307 Å². The van der Waals surface area contributed by atoms with Crippen LogP contribution in [0.5, 0.6) is 0 Å². The highest BCUT2D eigenvalue weighted by molar-refractivity contribution is 5.79. The molecule has 292 valence electrons. The Bertz CT molecular complexity index is 1170. The maximum Gasteiger partial charge on any atom is 0.407 e. The van der Waals surface area contributed by atoms with Gasteiger partial charge in [0.2, 0.25) is 0 Å². The zero-order valence-corrected chi connectivity index (χ0v) is 30.6. The van der Waals surface area contributed by atoms with Crippen molar-refractivity contribution in [1.29, 1.82) is 0 Å². The van der Waals surface area contributed by atoms with Crippen molar-refractivity contribution in [3.63, 3.8) is 0 Å². The van der Waals surface area contributed by atoms with Crippen molar-refractivity contribution >= 4 is 12.1 Å². The Morgan fingerprint density at radius 2 is 0.885 bits per heavy atom. The topological polar surface area (TPSA) is 148 Å². The number of amides is 1. The number of carbonyl (C=O) groups excluding carboxylic acids is 2. The largest absolute Gasteiger partial charge is 0.469 e. The standard InChI is InChI=1S/C38H57NO13/c1-42-37(40)11-14-44-16-18-46-20-22-48-24-26-50-28-30-51-29-27-49-25-23-47-21-19-45-17-15-43-13-6-12-39-38(41)52-31-36-34-9-4-2-7-32(34)33-8-3-5-10-35(33)36/h2-5,7-10,36H,6,11-31H2,1H3,(H,39,41). The molecule has 0 fully saturated rings. The van der Waals surface area contributed by atoms with Crippen molar-refractivity contribution in [2.45, 2.75) is 18.8 Å². The van der Waals surface area contributed by atoms with Gasteiger partial charge in [0.25, 0.3) is 0 Å². The molecule has 0 bridgehead atoms. The second-order valence-electron chi connectivity index (χ2n) is 11.4. The van der Waals surface area contributed by atoms with Crippen LogP contribution >= 0.6 is 0 Å². The summed E-state index contributed by atoms with van der Waals surface area (Å²) in [6.07, 6.45) is 0.504. The second-order valence-corrected chi connectivity index (χ2v) is 11.4. The smallest absolute Gasteiger partial charge is 0.407 e. The minimum Gasteiger partial charge on any atom is -0.469 e. The van der Waals surface area contributed by atoms with Crippen LogP contribution in [0.3, 0.4) is 0 Å². The number of benzene rings is 2. The molecule has 52 heavy (non-hydrogen) atoms. The molecule has 14 heteroatoms. The van der Waals surface area contributed by atoms with Crippen LogP contribution in [0.2, 0.25) is 0 Å². The van der Waals surface area contributed by atoms with E-state index in [4.69, 9.17) is 47.4 Å². The van der Waals surface area contributed by atoms with E-state index in [1.165, 1.54) is 29.4 Å². The molecule has 0 radical (unpaired) electrons. The van der Waals surface area contributed by atoms with Crippen molar-refractivity contribution in [3.8, 4) is 11.1 Å². The highest BCUT2D eigenvalue weighted by Gasteiger charge is 2.28. The lowest BCUT2D eigenvalue weighted by molar-refractivity contribution is -0.141. The Morgan fingerprint density at radius 1 is 0.519 bits per heavy atom. The van der Waals surface area contributed by atoms with Gasteiger partial charge in [0, 0.05) is 19.1 Å². The molecule has 2 aromatic carbocycles. The Hall–Kier alpha value is -3.18. The van der Waals surface area contributed by atoms with E-state index in [2.05, 4.69) is 34.3 Å². The summed E-state index contributed by atoms with van der Waals surface area (Å²) in [5.74, 6) is -0.242. The summed E-state index contributed by atoms with van der Waals surface area (Å²) in [5.41, 5.74) is 4.80. The molecule has 0 atom stereocenters. The zero-order chi connectivity index (χ0) is 36.7. The van der Waals surface area contributed by atoms with Gasteiger partial charge in [0.05, 0.1) is 126 Å². The molecule has 1 N–H and O–H groups in total. The highest BCUT2D eigenvalue weighted by atomic mass is 16.6. The first kappa shape index (κ1) is 43.2. The highest BCUT2D eigenvalue weighted by Crippen LogP contribution is 2.44. The van der Waals surface area contributed by atoms with E-state index in [1.807, 2.05) is 24.3 Å². The number of esters is 1. The van der Waals surface area contributed by atoms with Gasteiger partial charge in [0.15, 0.2) is 0 Å². The lowest BCUT2D eigenvalue weighted by Crippen LogP contribution is -2.27. The first-order valence-electron chi connectivity index (χ1n) is 18.1. The summed E-state index contributed by atoms with van der Waals surface area (Å²) in [4.78, 5) is 23.2. The average molecular weight is 736 g/mol. The van der Waals surface area contributed by atoms with Crippen molar-refractivity contribution in [2.75, 3.05) is 139 Å². The molecule has 0 saturated carbocycles. The molecule has 2 aromatic rings. The van der Waals surface area contributed by atoms with Crippen LogP contribution in [-0.2, 0) is 56.9 Å². The minimum absolute atomic E-state index is 0.0475. The van der Waals surface area contributed by atoms with Gasteiger partial charge in [-0.2, -0.15) is 0 Å². The van der Waals surface area contributed by atoms with Crippen LogP contribution in [0.25, 0.3) is 11.1 Å². The SMILES string of the molecule is COC(=O)CCOCCOCCOCCOCCOCCOCCOCCOCCOCCCNC(=O)OCC1c2ccccc2-c2ccccc21. The fraction of sp³-hybridized carbons (Fsp3) is 0.632. The molecule has 1 aliphatic carbocycles. The first-order valence-corrected chi connectivity index (χ1v) is 18.1. The van der Waals surface area contributed by atoms with Crippen LogP contribution in [0.4, 0.5) is 4.79 Å². The summed E-state index contributed by atoms with van der Waals surface area (Å²) in [6, 6.07) is 16.6. The fourth-order valence-corrected chi connectivity index (χ4v) is 5.13. The fourth-order valence-electron chi connectivity index (χ4n) is 5.13. The summed E-state index contributed by atoms with van der Waals surface area (Å²) < 4.78 is 59.2. The number of rotatable bonds is 33. The molecule has 14 nitrogen and oxygen atoms in total. The zero-order valence-electron chi connectivity index (χ0n) is 30.6. The Morgan fingerprint density at radius 3 is 1.29 bits per heavy atom. The van der Waals surface area contributed by atoms with Gasteiger partial charge in [-0.3, -0.25) is 4.79 Å². The van der Waals surface area contributed by atoms with E-state index >= 15 is 0 Å². The monoisotopic (exact) mass is 735 g/mol. The van der Waals surface area contributed by atoms with E-state index in [0.29, 0.717) is 138 Å². The van der Waals surface area contributed by atoms with E-state index in [1.54, 1.807) is 0 Å². The molecular weight excluding hydrogens is 678 g/mol. The number of fused-ring (bicyclic) bond motifs is 3. The third-order valence-corrected chi connectivity index (χ3v) is 7.73. The van der Waals surface area contributed by atoms with Gasteiger partial charge < -0.3 is 57.4 Å². The van der Waals surface area contributed by atoms with Crippen molar-refractivity contribution in [2.24, 2.45) is 0 Å². The Kier molecular flexibility index (Phi) is 24.4. The molecular formula is C38H57NO13. The van der Waals surface area contributed by atoms with Crippen LogP contribution in [0.1, 0.15) is 29.9 Å². The normalized spacial score (nSPS) is 12.1. The summed E-state index contributed by atoms with van der Waals surface area (Å²) in [5, 5.41) is 2.80. The lowest BCUT2D eigenvalue weighted by atomic mass is 9.98. The number of nitrogens with one attached hydrogen (secondary N) is 1. The van der Waals surface area contributed by atoms with Gasteiger partial charge in [-0.25, -0.2) is 4.79 Å². The third-order valence-electron chi connectivity index (χ3n) is 7.73. The van der Waals surface area contributed by atoms with Crippen LogP contribution in [-0.4, -0.2) is 151 Å². The lowest BCUT2D eigenvalue weighted by Gasteiger charge is -2.14. The van der Waals surface area contributed by atoms with Crippen LogP contribution in [0, 0.1) is 0 Å². The molecule has 3 rings (SSSR count). The third kappa shape index (κ3) is 19.1. The maximum absolute atomic E-state index is 12.3. The molecule has 0 aliphatic heterocycles. The van der Waals surface area contributed by atoms with E-state index in [0.717, 1.165) is 0 Å². The molecule has 0 unspecified atom stereocenters. The van der Waals surface area contributed by atoms with Gasteiger partial charge in [0.1, 0.15) is 6.61 Å². The van der Waals surface area contributed by atoms with Crippen molar-refractivity contribution in [1.82, 2.24) is 5.32 Å². The quantitative estimate of drug-likeness (QED) is 0.0842. The molecule has 0 heterocycles. The van der Waals surface area contributed by atoms with Crippen molar-refractivity contribution in [3.05, 3.63) is 59.7 Å². The van der Waals surface area contributed by atoms with Gasteiger partial charge in [-0.15, -0.1) is 0 Å². The number of carbonyl (C=O) groups is 2. The predicted octanol–water partition coefficient (Wildman–Crippen LogP) is 3.63. The maximum atomic E-state index is 12.3. The summed E-state index contributed by atoms with van der Waals surface area (Å²) >= 11 is 0. The van der Waals surface area contributed by atoms with Gasteiger partial charge in [-0.1, -0.05) is 48.5 Å². The number of hydrogen-bond acceptors (Lipinski definition) is 13. The Balaban J connectivity index is 0.963. The van der Waals surface area contributed by atoms with Crippen LogP contribution in [0.15, 0.2) is 48.5 Å². The van der Waals surface area contributed by atoms with Crippen molar-refractivity contribution < 1.29 is 61.7 Å². The number of methoxy groups -OCH3 is 1. The minimum atomic E-state index is -0.418. The molecule has 0 spiro atoms. The summed E-state index contributed by atoms with van der Waals surface area (Å²) in [7, 11) is 1.35. The predicted molar refractivity (Wildman–Crippen MR) is 192 cm³/mol. The van der Waals surface area contributed by atoms with Crippen LogP contribution < -0.4 is 5.32 Å². The molecule has 1 aliphatic rings. The van der Waals surface area contributed by atoms with Gasteiger partial charge >= 0.3 is 12.1 Å². The first-order chi connectivity index (χ1) is 25.7. The average Bonchev–Trinajstić information content (AvgIpc) is 3.49. The molecule has 1 amide bonds. The number of alkyl carbamates (subject to hydrolysis) is 1.